The van der Waals surface area contributed by atoms with Gasteiger partial charge in [-0.1, -0.05) is 5.16 Å². The van der Waals surface area contributed by atoms with Crippen LogP contribution in [0.5, 0.6) is 0 Å². The molecule has 1 unspecified atom stereocenters. The normalized spacial score (nSPS) is 16.3. The van der Waals surface area contributed by atoms with Gasteiger partial charge in [0.15, 0.2) is 5.82 Å². The maximum absolute atomic E-state index is 4.72. The Morgan fingerprint density at radius 1 is 1.42 bits per heavy atom. The van der Waals surface area contributed by atoms with E-state index in [2.05, 4.69) is 28.4 Å². The molecule has 1 aliphatic rings. The maximum atomic E-state index is 4.72. The minimum absolute atomic E-state index is 0.405. The van der Waals surface area contributed by atoms with Crippen molar-refractivity contribution in [1.82, 2.24) is 15.5 Å². The zero-order valence-corrected chi connectivity index (χ0v) is 12.0. The van der Waals surface area contributed by atoms with E-state index in [9.17, 15) is 0 Å². The third kappa shape index (κ3) is 3.04. The second kappa shape index (κ2) is 5.84. The molecule has 1 N–H and O–H groups in total. The van der Waals surface area contributed by atoms with Crippen molar-refractivity contribution in [3.05, 3.63) is 33.6 Å². The molecule has 0 saturated carbocycles. The quantitative estimate of drug-likeness (QED) is 0.913. The molecule has 1 aliphatic carbocycles. The zero-order valence-electron chi connectivity index (χ0n) is 11.2. The summed E-state index contributed by atoms with van der Waals surface area (Å²) in [6.45, 7) is 3.11. The molecule has 2 aromatic rings. The highest BCUT2D eigenvalue weighted by atomic mass is 32.1. The first-order valence-electron chi connectivity index (χ1n) is 6.93. The van der Waals surface area contributed by atoms with E-state index in [0.29, 0.717) is 6.04 Å². The summed E-state index contributed by atoms with van der Waals surface area (Å²) < 4.78 is 4.72. The van der Waals surface area contributed by atoms with Crippen molar-refractivity contribution in [1.29, 1.82) is 0 Å². The van der Waals surface area contributed by atoms with E-state index in [1.54, 1.807) is 10.4 Å². The van der Waals surface area contributed by atoms with Crippen molar-refractivity contribution < 1.29 is 4.52 Å². The van der Waals surface area contributed by atoms with Gasteiger partial charge in [-0.25, -0.2) is 0 Å². The summed E-state index contributed by atoms with van der Waals surface area (Å²) in [5.41, 5.74) is 1.58. The molecular formula is C14H19N3OS. The molecule has 5 heteroatoms. The van der Waals surface area contributed by atoms with Gasteiger partial charge in [-0.15, -0.1) is 11.3 Å². The summed E-state index contributed by atoms with van der Waals surface area (Å²) in [6, 6.07) is 2.80. The molecule has 0 aliphatic heterocycles. The van der Waals surface area contributed by atoms with E-state index >= 15 is 0 Å². The lowest BCUT2D eigenvalue weighted by Crippen LogP contribution is -2.21. The Morgan fingerprint density at radius 2 is 2.32 bits per heavy atom. The van der Waals surface area contributed by atoms with E-state index < -0.39 is 0 Å². The van der Waals surface area contributed by atoms with Crippen LogP contribution in [0.3, 0.4) is 0 Å². The van der Waals surface area contributed by atoms with Gasteiger partial charge < -0.3 is 9.84 Å². The van der Waals surface area contributed by atoms with Crippen LogP contribution in [0.25, 0.3) is 0 Å². The van der Waals surface area contributed by atoms with E-state index in [4.69, 9.17) is 4.52 Å². The Bertz CT molecular complexity index is 497. The molecule has 0 saturated heterocycles. The van der Waals surface area contributed by atoms with E-state index in [-0.39, 0.29) is 0 Å². The Labute approximate surface area is 117 Å². The Hall–Kier alpha value is -1.20. The Kier molecular flexibility index (Phi) is 3.94. The maximum Gasteiger partial charge on any atom is 0.213 e. The molecule has 2 aromatic heterocycles. The Morgan fingerprint density at radius 3 is 3.11 bits per heavy atom. The van der Waals surface area contributed by atoms with Gasteiger partial charge in [0.05, 0.1) is 0 Å². The fourth-order valence-corrected chi connectivity index (χ4v) is 3.82. The lowest BCUT2D eigenvalue weighted by Gasteiger charge is -2.10. The minimum atomic E-state index is 0.405. The van der Waals surface area contributed by atoms with Gasteiger partial charge in [0.25, 0.3) is 0 Å². The number of fused-ring (bicyclic) bond motifs is 1. The molecule has 0 fully saturated rings. The first-order chi connectivity index (χ1) is 9.33. The van der Waals surface area contributed by atoms with Crippen molar-refractivity contribution in [2.45, 2.75) is 45.1 Å². The number of thiophene rings is 1. The van der Waals surface area contributed by atoms with Crippen LogP contribution in [0, 0.1) is 0 Å². The summed E-state index contributed by atoms with van der Waals surface area (Å²) in [5, 5.41) is 7.35. The molecule has 0 aromatic carbocycles. The molecule has 19 heavy (non-hydrogen) atoms. The molecule has 0 spiro atoms. The molecule has 0 amide bonds. The summed E-state index contributed by atoms with van der Waals surface area (Å²) >= 11 is 1.98. The van der Waals surface area contributed by atoms with Crippen molar-refractivity contribution in [3.8, 4) is 0 Å². The fraction of sp³-hybridized carbons (Fsp3) is 0.571. The molecule has 102 valence electrons. The number of nitrogens with one attached hydrogen (secondary N) is 1. The summed E-state index contributed by atoms with van der Waals surface area (Å²) in [6.07, 6.45) is 7.43. The van der Waals surface area contributed by atoms with Crippen LogP contribution in [0.4, 0.5) is 0 Å². The number of nitrogens with zero attached hydrogens (tertiary/aromatic N) is 2. The largest absolute Gasteiger partial charge is 0.343 e. The van der Waals surface area contributed by atoms with Crippen molar-refractivity contribution in [2.75, 3.05) is 6.54 Å². The highest BCUT2D eigenvalue weighted by Crippen LogP contribution is 2.32. The molecular weight excluding hydrogens is 258 g/mol. The fourth-order valence-electron chi connectivity index (χ4n) is 2.53. The highest BCUT2D eigenvalue weighted by Gasteiger charge is 2.16. The monoisotopic (exact) mass is 277 g/mol. The van der Waals surface area contributed by atoms with E-state index in [1.165, 1.54) is 37.0 Å². The Balaban J connectivity index is 1.54. The number of aromatic nitrogens is 2. The van der Waals surface area contributed by atoms with Gasteiger partial charge in [0.1, 0.15) is 0 Å². The van der Waals surface area contributed by atoms with Crippen LogP contribution in [-0.2, 0) is 19.3 Å². The van der Waals surface area contributed by atoms with Gasteiger partial charge in [0.2, 0.25) is 6.39 Å². The molecule has 0 radical (unpaired) electrons. The first kappa shape index (κ1) is 12.8. The van der Waals surface area contributed by atoms with Gasteiger partial charge in [-0.2, -0.15) is 4.98 Å². The average molecular weight is 277 g/mol. The van der Waals surface area contributed by atoms with Crippen molar-refractivity contribution in [3.63, 3.8) is 0 Å². The van der Waals surface area contributed by atoms with Crippen LogP contribution < -0.4 is 5.32 Å². The highest BCUT2D eigenvalue weighted by molar-refractivity contribution is 7.12. The summed E-state index contributed by atoms with van der Waals surface area (Å²) in [7, 11) is 0. The summed E-state index contributed by atoms with van der Waals surface area (Å²) in [4.78, 5) is 7.09. The van der Waals surface area contributed by atoms with Crippen LogP contribution in [0.1, 0.15) is 46.9 Å². The standard InChI is InChI=1S/C14H19N3OS/c1-10(15-7-6-14-16-9-18-17-14)13-8-11-4-2-3-5-12(11)19-13/h8-10,15H,2-7H2,1H3. The number of aryl methyl sites for hydroxylation is 2. The van der Waals surface area contributed by atoms with Crippen LogP contribution in [0.15, 0.2) is 17.0 Å². The SMILES string of the molecule is CC(NCCc1ncon1)c1cc2c(s1)CCCC2. The van der Waals surface area contributed by atoms with Crippen LogP contribution in [-0.4, -0.2) is 16.7 Å². The number of rotatable bonds is 5. The van der Waals surface area contributed by atoms with Gasteiger partial charge >= 0.3 is 0 Å². The second-order valence-corrected chi connectivity index (χ2v) is 6.25. The van der Waals surface area contributed by atoms with Gasteiger partial charge in [0, 0.05) is 28.8 Å². The average Bonchev–Trinajstić information content (AvgIpc) is 3.07. The predicted octanol–water partition coefficient (Wildman–Crippen LogP) is 2.90. The third-order valence-corrected chi connectivity index (χ3v) is 5.07. The smallest absolute Gasteiger partial charge is 0.213 e. The van der Waals surface area contributed by atoms with Crippen molar-refractivity contribution >= 4 is 11.3 Å². The molecule has 1 atom stereocenters. The van der Waals surface area contributed by atoms with Crippen LogP contribution >= 0.6 is 11.3 Å². The van der Waals surface area contributed by atoms with E-state index in [1.807, 2.05) is 11.3 Å². The summed E-state index contributed by atoms with van der Waals surface area (Å²) in [5.74, 6) is 0.769. The molecule has 4 nitrogen and oxygen atoms in total. The topological polar surface area (TPSA) is 51.0 Å². The number of hydrogen-bond donors (Lipinski definition) is 1. The molecule has 2 heterocycles. The van der Waals surface area contributed by atoms with Gasteiger partial charge in [-0.05, 0) is 44.2 Å². The second-order valence-electron chi connectivity index (χ2n) is 5.08. The molecule has 3 rings (SSSR count). The lowest BCUT2D eigenvalue weighted by molar-refractivity contribution is 0.408. The van der Waals surface area contributed by atoms with Crippen molar-refractivity contribution in [2.24, 2.45) is 0 Å². The third-order valence-electron chi connectivity index (χ3n) is 3.65. The first-order valence-corrected chi connectivity index (χ1v) is 7.74. The predicted molar refractivity (Wildman–Crippen MR) is 75.4 cm³/mol. The minimum Gasteiger partial charge on any atom is -0.343 e. The number of hydrogen-bond acceptors (Lipinski definition) is 5. The van der Waals surface area contributed by atoms with E-state index in [0.717, 1.165) is 18.8 Å². The van der Waals surface area contributed by atoms with Crippen LogP contribution in [0.2, 0.25) is 0 Å². The zero-order chi connectivity index (χ0) is 13.1. The molecule has 0 bridgehead atoms. The van der Waals surface area contributed by atoms with Gasteiger partial charge in [-0.3, -0.25) is 0 Å². The lowest BCUT2D eigenvalue weighted by atomic mass is 9.99.